The summed E-state index contributed by atoms with van der Waals surface area (Å²) in [4.78, 5) is 42.5. The Morgan fingerprint density at radius 3 is 2.41 bits per heavy atom. The van der Waals surface area contributed by atoms with E-state index in [1.54, 1.807) is 24.3 Å². The first-order chi connectivity index (χ1) is 15.5. The molecule has 32 heavy (non-hydrogen) atoms. The van der Waals surface area contributed by atoms with Crippen LogP contribution in [0.2, 0.25) is 0 Å². The molecule has 0 aliphatic heterocycles. The summed E-state index contributed by atoms with van der Waals surface area (Å²) in [6.45, 7) is 0. The van der Waals surface area contributed by atoms with Gasteiger partial charge >= 0.3 is 5.97 Å². The third-order valence-corrected chi connectivity index (χ3v) is 5.98. The maximum atomic E-state index is 13.0. The summed E-state index contributed by atoms with van der Waals surface area (Å²) in [6.07, 6.45) is 1.29. The van der Waals surface area contributed by atoms with Crippen LogP contribution in [0.25, 0.3) is 10.8 Å². The van der Waals surface area contributed by atoms with Gasteiger partial charge in [0.25, 0.3) is 11.5 Å². The van der Waals surface area contributed by atoms with Crippen LogP contribution in [-0.2, 0) is 24.6 Å². The molecule has 9 heteroatoms. The van der Waals surface area contributed by atoms with Gasteiger partial charge in [-0.15, -0.1) is 11.3 Å². The molecule has 4 aromatic rings. The maximum absolute atomic E-state index is 13.0. The molecule has 0 unspecified atom stereocenters. The highest BCUT2D eigenvalue weighted by Gasteiger charge is 2.22. The van der Waals surface area contributed by atoms with Crippen LogP contribution in [0.1, 0.15) is 31.4 Å². The van der Waals surface area contributed by atoms with Gasteiger partial charge in [-0.2, -0.15) is 5.10 Å². The SMILES string of the molecule is COC(=O)c1nc(NC(=O)c2nn(C)c(=O)c3ccccc23)sc1CCc1ccccc1. The zero-order valence-electron chi connectivity index (χ0n) is 17.5. The van der Waals surface area contributed by atoms with Crippen LogP contribution >= 0.6 is 11.3 Å². The van der Waals surface area contributed by atoms with Crippen molar-refractivity contribution < 1.29 is 14.3 Å². The number of nitrogens with zero attached hydrogens (tertiary/aromatic N) is 3. The second kappa shape index (κ2) is 9.11. The van der Waals surface area contributed by atoms with Gasteiger partial charge in [-0.3, -0.25) is 14.9 Å². The van der Waals surface area contributed by atoms with Gasteiger partial charge in [0.05, 0.1) is 12.5 Å². The fourth-order valence-electron chi connectivity index (χ4n) is 3.36. The molecule has 0 atom stereocenters. The van der Waals surface area contributed by atoms with E-state index < -0.39 is 11.9 Å². The van der Waals surface area contributed by atoms with Gasteiger partial charge in [0, 0.05) is 17.3 Å². The fourth-order valence-corrected chi connectivity index (χ4v) is 4.30. The van der Waals surface area contributed by atoms with Crippen LogP contribution in [-0.4, -0.2) is 33.8 Å². The second-order valence-corrected chi connectivity index (χ2v) is 8.13. The van der Waals surface area contributed by atoms with Gasteiger partial charge in [-0.1, -0.05) is 48.5 Å². The molecule has 0 bridgehead atoms. The van der Waals surface area contributed by atoms with Crippen molar-refractivity contribution in [2.75, 3.05) is 12.4 Å². The quantitative estimate of drug-likeness (QED) is 0.455. The van der Waals surface area contributed by atoms with Gasteiger partial charge < -0.3 is 4.74 Å². The molecule has 2 heterocycles. The monoisotopic (exact) mass is 448 g/mol. The van der Waals surface area contributed by atoms with E-state index in [0.717, 1.165) is 10.2 Å². The predicted molar refractivity (Wildman–Crippen MR) is 122 cm³/mol. The first-order valence-corrected chi connectivity index (χ1v) is 10.7. The van der Waals surface area contributed by atoms with Crippen LogP contribution in [0.3, 0.4) is 0 Å². The Morgan fingerprint density at radius 1 is 1.00 bits per heavy atom. The lowest BCUT2D eigenvalue weighted by Crippen LogP contribution is -2.25. The lowest BCUT2D eigenvalue weighted by molar-refractivity contribution is 0.0593. The number of ether oxygens (including phenoxy) is 1. The summed E-state index contributed by atoms with van der Waals surface area (Å²) in [6, 6.07) is 16.7. The zero-order valence-corrected chi connectivity index (χ0v) is 18.3. The van der Waals surface area contributed by atoms with Crippen molar-refractivity contribution in [3.05, 3.63) is 86.8 Å². The molecule has 4 rings (SSSR count). The average Bonchev–Trinajstić information content (AvgIpc) is 3.22. The molecule has 0 saturated carbocycles. The number of amides is 1. The first-order valence-electron chi connectivity index (χ1n) is 9.87. The maximum Gasteiger partial charge on any atom is 0.357 e. The molecule has 8 nitrogen and oxygen atoms in total. The minimum absolute atomic E-state index is 0.100. The van der Waals surface area contributed by atoms with Crippen LogP contribution in [0.5, 0.6) is 0 Å². The topological polar surface area (TPSA) is 103 Å². The predicted octanol–water partition coefficient (Wildman–Crippen LogP) is 3.21. The Balaban J connectivity index is 1.63. The Kier molecular flexibility index (Phi) is 6.09. The average molecular weight is 449 g/mol. The number of methoxy groups -OCH3 is 1. The van der Waals surface area contributed by atoms with Gasteiger partial charge in [0.1, 0.15) is 0 Å². The number of aromatic nitrogens is 3. The molecule has 0 spiro atoms. The number of nitrogens with one attached hydrogen (secondary N) is 1. The standard InChI is InChI=1S/C23H20N4O4S/c1-27-21(29)16-11-7-6-10-15(16)18(26-27)20(28)25-23-24-19(22(30)31-2)17(32-23)13-12-14-8-4-3-5-9-14/h3-11H,12-13H2,1-2H3,(H,24,25,28). The van der Waals surface area contributed by atoms with Crippen LogP contribution in [0, 0.1) is 0 Å². The van der Waals surface area contributed by atoms with Crippen molar-refractivity contribution in [3.8, 4) is 0 Å². The number of carbonyl (C=O) groups excluding carboxylic acids is 2. The molecular formula is C23H20N4O4S. The third-order valence-electron chi connectivity index (χ3n) is 4.95. The molecule has 0 saturated heterocycles. The van der Waals surface area contributed by atoms with Crippen molar-refractivity contribution in [3.63, 3.8) is 0 Å². The second-order valence-electron chi connectivity index (χ2n) is 7.05. The number of benzene rings is 2. The van der Waals surface area contributed by atoms with Crippen LogP contribution < -0.4 is 10.9 Å². The number of thiazole rings is 1. The molecular weight excluding hydrogens is 428 g/mol. The molecule has 2 aromatic carbocycles. The molecule has 0 aliphatic rings. The highest BCUT2D eigenvalue weighted by atomic mass is 32.1. The summed E-state index contributed by atoms with van der Waals surface area (Å²) >= 11 is 1.22. The van der Waals surface area contributed by atoms with Crippen LogP contribution in [0.4, 0.5) is 5.13 Å². The highest BCUT2D eigenvalue weighted by Crippen LogP contribution is 2.26. The van der Waals surface area contributed by atoms with Crippen LogP contribution in [0.15, 0.2) is 59.4 Å². The van der Waals surface area contributed by atoms with E-state index in [9.17, 15) is 14.4 Å². The number of fused-ring (bicyclic) bond motifs is 1. The van der Waals surface area contributed by atoms with Gasteiger partial charge in [-0.05, 0) is 24.5 Å². The van der Waals surface area contributed by atoms with E-state index in [1.807, 2.05) is 30.3 Å². The van der Waals surface area contributed by atoms with Crippen molar-refractivity contribution >= 4 is 39.1 Å². The molecule has 1 N–H and O–H groups in total. The van der Waals surface area contributed by atoms with E-state index in [-0.39, 0.29) is 22.1 Å². The molecule has 162 valence electrons. The van der Waals surface area contributed by atoms with Crippen molar-refractivity contribution in [1.82, 2.24) is 14.8 Å². The van der Waals surface area contributed by atoms with E-state index in [0.29, 0.717) is 28.5 Å². The molecule has 0 radical (unpaired) electrons. The fraction of sp³-hybridized carbons (Fsp3) is 0.174. The van der Waals surface area contributed by atoms with Gasteiger partial charge in [0.2, 0.25) is 0 Å². The molecule has 0 fully saturated rings. The summed E-state index contributed by atoms with van der Waals surface area (Å²) < 4.78 is 5.99. The minimum atomic E-state index is -0.560. The Hall–Kier alpha value is -3.85. The Bertz CT molecular complexity index is 1360. The first kappa shape index (κ1) is 21.4. The third kappa shape index (κ3) is 4.28. The normalized spacial score (nSPS) is 10.8. The Morgan fingerprint density at radius 2 is 1.69 bits per heavy atom. The smallest absolute Gasteiger partial charge is 0.357 e. The number of carbonyl (C=O) groups is 2. The van der Waals surface area contributed by atoms with Crippen molar-refractivity contribution in [2.45, 2.75) is 12.8 Å². The van der Waals surface area contributed by atoms with Crippen molar-refractivity contribution in [1.29, 1.82) is 0 Å². The van der Waals surface area contributed by atoms with Crippen molar-refractivity contribution in [2.24, 2.45) is 7.05 Å². The van der Waals surface area contributed by atoms with E-state index >= 15 is 0 Å². The number of esters is 1. The number of aryl methyl sites for hydroxylation is 3. The highest BCUT2D eigenvalue weighted by molar-refractivity contribution is 7.16. The lowest BCUT2D eigenvalue weighted by Gasteiger charge is -2.07. The van der Waals surface area contributed by atoms with Gasteiger partial charge in [-0.25, -0.2) is 14.5 Å². The van der Waals surface area contributed by atoms with E-state index in [1.165, 1.54) is 25.5 Å². The number of anilines is 1. The number of hydrogen-bond acceptors (Lipinski definition) is 7. The van der Waals surface area contributed by atoms with E-state index in [2.05, 4.69) is 15.4 Å². The lowest BCUT2D eigenvalue weighted by atomic mass is 10.1. The number of rotatable bonds is 6. The largest absolute Gasteiger partial charge is 0.464 e. The number of hydrogen-bond donors (Lipinski definition) is 1. The van der Waals surface area contributed by atoms with Gasteiger partial charge in [0.15, 0.2) is 16.5 Å². The summed E-state index contributed by atoms with van der Waals surface area (Å²) in [5.41, 5.74) is 1.12. The van der Waals surface area contributed by atoms with E-state index in [4.69, 9.17) is 4.74 Å². The summed E-state index contributed by atoms with van der Waals surface area (Å²) in [7, 11) is 2.79. The minimum Gasteiger partial charge on any atom is -0.464 e. The zero-order chi connectivity index (χ0) is 22.7. The Labute approximate surface area is 187 Å². The molecule has 2 aromatic heterocycles. The summed E-state index contributed by atoms with van der Waals surface area (Å²) in [5, 5.41) is 7.95. The molecule has 1 amide bonds. The summed E-state index contributed by atoms with van der Waals surface area (Å²) in [5.74, 6) is -1.08. The molecule has 0 aliphatic carbocycles.